The molecule has 0 fully saturated rings. The first-order valence-corrected chi connectivity index (χ1v) is 10.5. The Hall–Kier alpha value is -2.16. The second-order valence-corrected chi connectivity index (χ2v) is 8.42. The normalized spacial score (nSPS) is 14.4. The van der Waals surface area contributed by atoms with Crippen molar-refractivity contribution in [3.63, 3.8) is 0 Å². The number of hydrogen-bond acceptors (Lipinski definition) is 3. The van der Waals surface area contributed by atoms with Crippen molar-refractivity contribution in [2.45, 2.75) is 52.1 Å². The molecule has 1 amide bonds. The zero-order chi connectivity index (χ0) is 19.9. The third-order valence-electron chi connectivity index (χ3n) is 5.05. The van der Waals surface area contributed by atoms with Crippen molar-refractivity contribution in [2.24, 2.45) is 5.92 Å². The summed E-state index contributed by atoms with van der Waals surface area (Å²) in [7, 11) is 0. The molecule has 27 heavy (non-hydrogen) atoms. The molecule has 0 saturated carbocycles. The summed E-state index contributed by atoms with van der Waals surface area (Å²) in [6, 6.07) is 15.1. The lowest BCUT2D eigenvalue weighted by Gasteiger charge is -2.27. The Bertz CT molecular complexity index is 762. The molecule has 144 valence electrons. The molecule has 1 aromatic heterocycles. The molecular formula is C22H30N3OS+. The second-order valence-electron chi connectivity index (χ2n) is 7.44. The highest BCUT2D eigenvalue weighted by Gasteiger charge is 2.31. The number of carbonyl (C=O) groups is 1. The van der Waals surface area contributed by atoms with E-state index in [1.54, 1.807) is 18.3 Å². The van der Waals surface area contributed by atoms with Crippen LogP contribution in [0, 0.1) is 17.2 Å². The fourth-order valence-electron chi connectivity index (χ4n) is 2.93. The van der Waals surface area contributed by atoms with E-state index in [4.69, 9.17) is 0 Å². The van der Waals surface area contributed by atoms with E-state index in [0.29, 0.717) is 0 Å². The molecule has 2 rings (SSSR count). The summed E-state index contributed by atoms with van der Waals surface area (Å²) in [5, 5.41) is 16.4. The number of rotatable bonds is 9. The SMILES string of the molecule is CCCc1ccc([C@@H]([NH2+]CC(=O)N[C@](C)(C#N)C(C)C)c2cccs2)cc1. The first-order chi connectivity index (χ1) is 12.9. The van der Waals surface area contributed by atoms with Gasteiger partial charge in [-0.3, -0.25) is 4.79 Å². The van der Waals surface area contributed by atoms with Crippen LogP contribution in [0.15, 0.2) is 41.8 Å². The highest BCUT2D eigenvalue weighted by Crippen LogP contribution is 2.23. The predicted octanol–water partition coefficient (Wildman–Crippen LogP) is 3.41. The molecule has 0 unspecified atom stereocenters. The monoisotopic (exact) mass is 384 g/mol. The first-order valence-electron chi connectivity index (χ1n) is 9.57. The van der Waals surface area contributed by atoms with Crippen molar-refractivity contribution >= 4 is 17.2 Å². The smallest absolute Gasteiger partial charge is 0.276 e. The number of amides is 1. The van der Waals surface area contributed by atoms with Crippen LogP contribution >= 0.6 is 11.3 Å². The van der Waals surface area contributed by atoms with Crippen molar-refractivity contribution in [2.75, 3.05) is 6.54 Å². The van der Waals surface area contributed by atoms with E-state index >= 15 is 0 Å². The summed E-state index contributed by atoms with van der Waals surface area (Å²) in [6.07, 6.45) is 2.21. The predicted molar refractivity (Wildman–Crippen MR) is 110 cm³/mol. The molecular weight excluding hydrogens is 354 g/mol. The van der Waals surface area contributed by atoms with Crippen LogP contribution in [0.5, 0.6) is 0 Å². The lowest BCUT2D eigenvalue weighted by atomic mass is 9.90. The van der Waals surface area contributed by atoms with E-state index in [1.165, 1.54) is 16.0 Å². The maximum Gasteiger partial charge on any atom is 0.276 e. The molecule has 0 radical (unpaired) electrons. The van der Waals surface area contributed by atoms with Gasteiger partial charge in [0.1, 0.15) is 11.6 Å². The van der Waals surface area contributed by atoms with Gasteiger partial charge < -0.3 is 10.6 Å². The van der Waals surface area contributed by atoms with Crippen LogP contribution in [0.3, 0.4) is 0 Å². The highest BCUT2D eigenvalue weighted by molar-refractivity contribution is 7.10. The molecule has 3 N–H and O–H groups in total. The lowest BCUT2D eigenvalue weighted by molar-refractivity contribution is -0.676. The Morgan fingerprint density at radius 3 is 2.52 bits per heavy atom. The number of quaternary nitrogens is 1. The summed E-state index contributed by atoms with van der Waals surface area (Å²) in [5.74, 6) is -0.0671. The first kappa shape index (κ1) is 21.1. The number of carbonyl (C=O) groups excluding carboxylic acids is 1. The zero-order valence-corrected chi connectivity index (χ0v) is 17.5. The van der Waals surface area contributed by atoms with Gasteiger partial charge in [0.25, 0.3) is 5.91 Å². The third kappa shape index (κ3) is 5.66. The summed E-state index contributed by atoms with van der Waals surface area (Å²) in [5.41, 5.74) is 1.69. The molecule has 1 heterocycles. The maximum absolute atomic E-state index is 12.5. The third-order valence-corrected chi connectivity index (χ3v) is 6.01. The Kier molecular flexibility index (Phi) is 7.58. The van der Waals surface area contributed by atoms with Gasteiger partial charge in [-0.05, 0) is 36.3 Å². The highest BCUT2D eigenvalue weighted by atomic mass is 32.1. The van der Waals surface area contributed by atoms with E-state index in [2.05, 4.69) is 54.0 Å². The quantitative estimate of drug-likeness (QED) is 0.696. The number of nitrogens with zero attached hydrogens (tertiary/aromatic N) is 1. The number of aryl methyl sites for hydroxylation is 1. The van der Waals surface area contributed by atoms with E-state index in [1.807, 2.05) is 25.2 Å². The number of hydrogen-bond donors (Lipinski definition) is 2. The molecule has 0 aliphatic carbocycles. The van der Waals surface area contributed by atoms with Crippen molar-refractivity contribution in [3.8, 4) is 6.07 Å². The zero-order valence-electron chi connectivity index (χ0n) is 16.7. The van der Waals surface area contributed by atoms with Gasteiger partial charge in [0, 0.05) is 5.56 Å². The molecule has 0 aliphatic rings. The number of nitrogens with two attached hydrogens (primary N) is 1. The topological polar surface area (TPSA) is 69.5 Å². The van der Waals surface area contributed by atoms with Crippen LogP contribution in [0.4, 0.5) is 0 Å². The van der Waals surface area contributed by atoms with Gasteiger partial charge in [-0.25, -0.2) is 0 Å². The average Bonchev–Trinajstić information content (AvgIpc) is 3.17. The van der Waals surface area contributed by atoms with Crippen molar-refractivity contribution in [1.82, 2.24) is 5.32 Å². The Morgan fingerprint density at radius 2 is 2.00 bits per heavy atom. The number of nitriles is 1. The standard InChI is InChI=1S/C22H29N3OS/c1-5-7-17-9-11-18(12-10-17)21(19-8-6-13-27-19)24-14-20(26)25-22(4,15-23)16(2)3/h6,8-13,16,21,24H,5,7,14H2,1-4H3,(H,25,26)/p+1/t21-,22-/m1/s1. The molecule has 0 aliphatic heterocycles. The van der Waals surface area contributed by atoms with Gasteiger partial charge in [0.15, 0.2) is 6.54 Å². The van der Waals surface area contributed by atoms with E-state index in [9.17, 15) is 10.1 Å². The van der Waals surface area contributed by atoms with E-state index in [0.717, 1.165) is 12.8 Å². The van der Waals surface area contributed by atoms with Crippen molar-refractivity contribution in [3.05, 3.63) is 57.8 Å². The van der Waals surface area contributed by atoms with E-state index < -0.39 is 5.54 Å². The van der Waals surface area contributed by atoms with Crippen LogP contribution < -0.4 is 10.6 Å². The number of nitrogens with one attached hydrogen (secondary N) is 1. The van der Waals surface area contributed by atoms with Crippen LogP contribution in [0.2, 0.25) is 0 Å². The molecule has 0 saturated heterocycles. The van der Waals surface area contributed by atoms with Gasteiger partial charge in [0.2, 0.25) is 0 Å². The molecule has 2 aromatic rings. The van der Waals surface area contributed by atoms with Crippen molar-refractivity contribution < 1.29 is 10.1 Å². The average molecular weight is 385 g/mol. The fourth-order valence-corrected chi connectivity index (χ4v) is 3.78. The lowest BCUT2D eigenvalue weighted by Crippen LogP contribution is -2.88. The minimum Gasteiger partial charge on any atom is -0.333 e. The second kappa shape index (κ2) is 9.68. The maximum atomic E-state index is 12.5. The van der Waals surface area contributed by atoms with Crippen LogP contribution in [0.25, 0.3) is 0 Å². The van der Waals surface area contributed by atoms with Gasteiger partial charge in [-0.1, -0.05) is 57.5 Å². The van der Waals surface area contributed by atoms with Crippen LogP contribution in [-0.2, 0) is 11.2 Å². The fraction of sp³-hybridized carbons (Fsp3) is 0.455. The Balaban J connectivity index is 2.10. The Labute approximate surface area is 166 Å². The van der Waals surface area contributed by atoms with Gasteiger partial charge in [-0.2, -0.15) is 5.26 Å². The molecule has 2 atom stereocenters. The van der Waals surface area contributed by atoms with Crippen LogP contribution in [0.1, 0.15) is 56.2 Å². The van der Waals surface area contributed by atoms with E-state index in [-0.39, 0.29) is 24.4 Å². The van der Waals surface area contributed by atoms with Gasteiger partial charge in [0.05, 0.1) is 10.9 Å². The summed E-state index contributed by atoms with van der Waals surface area (Å²) in [4.78, 5) is 13.7. The van der Waals surface area contributed by atoms with Crippen LogP contribution in [-0.4, -0.2) is 18.0 Å². The number of thiophene rings is 1. The molecule has 0 spiro atoms. The van der Waals surface area contributed by atoms with Gasteiger partial charge in [-0.15, -0.1) is 11.3 Å². The molecule has 4 nitrogen and oxygen atoms in total. The van der Waals surface area contributed by atoms with Gasteiger partial charge >= 0.3 is 0 Å². The minimum atomic E-state index is -0.842. The summed E-state index contributed by atoms with van der Waals surface area (Å²) in [6.45, 7) is 8.13. The largest absolute Gasteiger partial charge is 0.333 e. The molecule has 5 heteroatoms. The summed E-state index contributed by atoms with van der Waals surface area (Å²) < 4.78 is 0. The molecule has 1 aromatic carbocycles. The van der Waals surface area contributed by atoms with Crippen molar-refractivity contribution in [1.29, 1.82) is 5.26 Å². The number of benzene rings is 1. The minimum absolute atomic E-state index is 0.0469. The molecule has 0 bridgehead atoms. The summed E-state index contributed by atoms with van der Waals surface area (Å²) >= 11 is 1.70. The Morgan fingerprint density at radius 1 is 1.30 bits per heavy atom.